The lowest BCUT2D eigenvalue weighted by Gasteiger charge is -2.17. The van der Waals surface area contributed by atoms with E-state index in [9.17, 15) is 0 Å². The topological polar surface area (TPSA) is 30.5 Å². The van der Waals surface area contributed by atoms with Gasteiger partial charge >= 0.3 is 0 Å². The van der Waals surface area contributed by atoms with Crippen molar-refractivity contribution in [2.45, 2.75) is 19.3 Å². The van der Waals surface area contributed by atoms with Crippen molar-refractivity contribution in [3.8, 4) is 0 Å². The van der Waals surface area contributed by atoms with Crippen LogP contribution in [0.5, 0.6) is 0 Å². The Bertz CT molecular complexity index is 289. The monoisotopic (exact) mass is 293 g/mol. The molecule has 0 aromatic carbocycles. The van der Waals surface area contributed by atoms with Gasteiger partial charge in [-0.3, -0.25) is 0 Å². The molecule has 3 nitrogen and oxygen atoms in total. The zero-order valence-electron chi connectivity index (χ0n) is 9.12. The van der Waals surface area contributed by atoms with Gasteiger partial charge in [0.15, 0.2) is 6.29 Å². The van der Waals surface area contributed by atoms with E-state index >= 15 is 0 Å². The lowest BCUT2D eigenvalue weighted by atomic mass is 10.3. The van der Waals surface area contributed by atoms with E-state index in [2.05, 4.69) is 40.3 Å². The summed E-state index contributed by atoms with van der Waals surface area (Å²) >= 11 is 5.18. The molecule has 0 saturated heterocycles. The van der Waals surface area contributed by atoms with Crippen molar-refractivity contribution < 1.29 is 9.47 Å². The summed E-state index contributed by atoms with van der Waals surface area (Å²) in [7, 11) is 3.28. The molecule has 1 unspecified atom stereocenters. The first-order valence-corrected chi connectivity index (χ1v) is 6.32. The predicted octanol–water partition coefficient (Wildman–Crippen LogP) is 2.78. The lowest BCUT2D eigenvalue weighted by molar-refractivity contribution is -0.0997. The number of rotatable bonds is 6. The summed E-state index contributed by atoms with van der Waals surface area (Å²) in [4.78, 5) is 1.30. The highest BCUT2D eigenvalue weighted by Crippen LogP contribution is 2.26. The highest BCUT2D eigenvalue weighted by molar-refractivity contribution is 9.11. The van der Waals surface area contributed by atoms with Gasteiger partial charge in [-0.05, 0) is 35.0 Å². The van der Waals surface area contributed by atoms with Crippen LogP contribution in [0.4, 0.5) is 0 Å². The second-order valence-corrected chi connectivity index (χ2v) is 5.67. The summed E-state index contributed by atoms with van der Waals surface area (Å²) in [5.74, 6) is 0. The summed E-state index contributed by atoms with van der Waals surface area (Å²) < 4.78 is 11.4. The van der Waals surface area contributed by atoms with Gasteiger partial charge in [0.1, 0.15) is 0 Å². The van der Waals surface area contributed by atoms with E-state index in [4.69, 9.17) is 9.47 Å². The molecule has 1 aromatic heterocycles. The number of ether oxygens (including phenoxy) is 2. The number of hydrogen-bond donors (Lipinski definition) is 1. The fraction of sp³-hybridized carbons (Fsp3) is 0.600. The molecule has 0 fully saturated rings. The van der Waals surface area contributed by atoms with Crippen molar-refractivity contribution in [3.05, 3.63) is 20.8 Å². The molecular formula is C10H16BrNO2S. The maximum atomic E-state index is 5.10. The standard InChI is InChI=1S/C10H16BrNO2S/c1-7(8-4-5-9(11)15-8)12-6-10(13-2)14-3/h4-5,7,10,12H,6H2,1-3H3. The molecule has 0 aliphatic rings. The average molecular weight is 294 g/mol. The molecule has 1 atom stereocenters. The van der Waals surface area contributed by atoms with Gasteiger partial charge in [0.2, 0.25) is 0 Å². The van der Waals surface area contributed by atoms with Gasteiger partial charge in [-0.2, -0.15) is 0 Å². The summed E-state index contributed by atoms with van der Waals surface area (Å²) in [5.41, 5.74) is 0. The van der Waals surface area contributed by atoms with Gasteiger partial charge in [0, 0.05) is 31.7 Å². The first-order chi connectivity index (χ1) is 7.17. The van der Waals surface area contributed by atoms with E-state index in [0.717, 1.165) is 3.79 Å². The Hall–Kier alpha value is 0.0600. The van der Waals surface area contributed by atoms with Crippen LogP contribution in [0, 0.1) is 0 Å². The van der Waals surface area contributed by atoms with Gasteiger partial charge in [0.25, 0.3) is 0 Å². The van der Waals surface area contributed by atoms with Crippen molar-refractivity contribution in [2.24, 2.45) is 0 Å². The van der Waals surface area contributed by atoms with E-state index in [1.807, 2.05) is 0 Å². The average Bonchev–Trinajstić information content (AvgIpc) is 2.66. The maximum Gasteiger partial charge on any atom is 0.169 e. The minimum Gasteiger partial charge on any atom is -0.355 e. The second-order valence-electron chi connectivity index (χ2n) is 3.17. The van der Waals surface area contributed by atoms with Crippen molar-refractivity contribution in [1.29, 1.82) is 0 Å². The Kier molecular flexibility index (Phi) is 5.78. The summed E-state index contributed by atoms with van der Waals surface area (Å²) in [6.45, 7) is 2.81. The molecule has 0 bridgehead atoms. The SMILES string of the molecule is COC(CNC(C)c1ccc(Br)s1)OC. The summed E-state index contributed by atoms with van der Waals surface area (Å²) in [5, 5.41) is 3.35. The Labute approximate surface area is 103 Å². The number of nitrogens with one attached hydrogen (secondary N) is 1. The minimum absolute atomic E-state index is 0.184. The third kappa shape index (κ3) is 4.20. The van der Waals surface area contributed by atoms with E-state index in [0.29, 0.717) is 12.6 Å². The first kappa shape index (κ1) is 13.1. The third-order valence-corrected chi connectivity index (χ3v) is 3.94. The molecule has 5 heteroatoms. The van der Waals surface area contributed by atoms with Crippen LogP contribution in [0.25, 0.3) is 0 Å². The van der Waals surface area contributed by atoms with Crippen molar-refractivity contribution in [2.75, 3.05) is 20.8 Å². The normalized spacial score (nSPS) is 13.4. The molecule has 0 aliphatic carbocycles. The summed E-state index contributed by atoms with van der Waals surface area (Å²) in [6, 6.07) is 4.48. The van der Waals surface area contributed by atoms with Crippen LogP contribution in [-0.4, -0.2) is 27.1 Å². The van der Waals surface area contributed by atoms with Gasteiger partial charge in [-0.25, -0.2) is 0 Å². The minimum atomic E-state index is -0.184. The van der Waals surface area contributed by atoms with E-state index in [-0.39, 0.29) is 6.29 Å². The van der Waals surface area contributed by atoms with Gasteiger partial charge in [-0.15, -0.1) is 11.3 Å². The molecule has 1 heterocycles. The molecule has 0 amide bonds. The number of hydrogen-bond acceptors (Lipinski definition) is 4. The summed E-state index contributed by atoms with van der Waals surface area (Å²) in [6.07, 6.45) is -0.184. The van der Waals surface area contributed by atoms with Crippen LogP contribution in [0.1, 0.15) is 17.8 Å². The maximum absolute atomic E-state index is 5.10. The number of thiophene rings is 1. The van der Waals surface area contributed by atoms with Crippen LogP contribution in [-0.2, 0) is 9.47 Å². The molecule has 86 valence electrons. The molecule has 0 spiro atoms. The molecular weight excluding hydrogens is 278 g/mol. The van der Waals surface area contributed by atoms with Gasteiger partial charge < -0.3 is 14.8 Å². The Morgan fingerprint density at radius 2 is 2.07 bits per heavy atom. The highest BCUT2D eigenvalue weighted by Gasteiger charge is 2.10. The van der Waals surface area contributed by atoms with Gasteiger partial charge in [-0.1, -0.05) is 0 Å². The molecule has 1 rings (SSSR count). The first-order valence-electron chi connectivity index (χ1n) is 4.71. The Balaban J connectivity index is 2.39. The molecule has 1 aromatic rings. The fourth-order valence-electron chi connectivity index (χ4n) is 1.20. The van der Waals surface area contributed by atoms with E-state index < -0.39 is 0 Å². The van der Waals surface area contributed by atoms with Crippen LogP contribution in [0.2, 0.25) is 0 Å². The van der Waals surface area contributed by atoms with Crippen molar-refractivity contribution >= 4 is 27.3 Å². The van der Waals surface area contributed by atoms with Crippen LogP contribution in [0.3, 0.4) is 0 Å². The Morgan fingerprint density at radius 1 is 1.40 bits per heavy atom. The molecule has 0 saturated carbocycles. The predicted molar refractivity (Wildman–Crippen MR) is 66.2 cm³/mol. The van der Waals surface area contributed by atoms with E-state index in [1.165, 1.54) is 4.88 Å². The largest absolute Gasteiger partial charge is 0.355 e. The van der Waals surface area contributed by atoms with Crippen LogP contribution < -0.4 is 5.32 Å². The fourth-order valence-corrected chi connectivity index (χ4v) is 2.65. The van der Waals surface area contributed by atoms with Crippen LogP contribution in [0.15, 0.2) is 15.9 Å². The van der Waals surface area contributed by atoms with Gasteiger partial charge in [0.05, 0.1) is 3.79 Å². The molecule has 15 heavy (non-hydrogen) atoms. The van der Waals surface area contributed by atoms with E-state index in [1.54, 1.807) is 25.6 Å². The second kappa shape index (κ2) is 6.60. The molecule has 0 aliphatic heterocycles. The zero-order chi connectivity index (χ0) is 11.3. The number of methoxy groups -OCH3 is 2. The lowest BCUT2D eigenvalue weighted by Crippen LogP contribution is -2.31. The Morgan fingerprint density at radius 3 is 2.53 bits per heavy atom. The third-order valence-electron chi connectivity index (χ3n) is 2.14. The van der Waals surface area contributed by atoms with Crippen molar-refractivity contribution in [3.63, 3.8) is 0 Å². The smallest absolute Gasteiger partial charge is 0.169 e. The zero-order valence-corrected chi connectivity index (χ0v) is 11.5. The number of halogens is 1. The van der Waals surface area contributed by atoms with Crippen molar-refractivity contribution in [1.82, 2.24) is 5.32 Å². The quantitative estimate of drug-likeness (QED) is 0.818. The highest BCUT2D eigenvalue weighted by atomic mass is 79.9. The molecule has 0 radical (unpaired) electrons. The van der Waals surface area contributed by atoms with Crippen LogP contribution >= 0.6 is 27.3 Å². The molecule has 1 N–H and O–H groups in total.